The second-order valence-corrected chi connectivity index (χ2v) is 4.50. The third-order valence-corrected chi connectivity index (χ3v) is 2.89. The summed E-state index contributed by atoms with van der Waals surface area (Å²) in [6.45, 7) is 0.439. The Morgan fingerprint density at radius 2 is 2.00 bits per heavy atom. The second-order valence-electron chi connectivity index (χ2n) is 3.29. The summed E-state index contributed by atoms with van der Waals surface area (Å²) in [5.41, 5.74) is 1.07. The molecule has 0 aliphatic rings. The lowest BCUT2D eigenvalue weighted by Crippen LogP contribution is -2.00. The summed E-state index contributed by atoms with van der Waals surface area (Å²) in [5.74, 6) is 0. The first-order chi connectivity index (χ1) is 8.28. The molecule has 0 aliphatic heterocycles. The highest BCUT2D eigenvalue weighted by Crippen LogP contribution is 2.19. The van der Waals surface area contributed by atoms with Crippen LogP contribution in [-0.4, -0.2) is 16.2 Å². The molecular weight excluding hydrogens is 256 g/mol. The highest BCUT2D eigenvalue weighted by Gasteiger charge is 2.03. The largest absolute Gasteiger partial charge is 0.459 e. The van der Waals surface area contributed by atoms with Crippen LogP contribution in [0.5, 0.6) is 6.01 Å². The van der Waals surface area contributed by atoms with E-state index in [4.69, 9.17) is 16.3 Å². The molecule has 0 saturated carbocycles. The Bertz CT molecular complexity index is 493. The van der Waals surface area contributed by atoms with Crippen molar-refractivity contribution < 1.29 is 4.74 Å². The standard InChI is InChI=1S/C12H11ClN2OS/c1-17-11-7-10(13)14-12(15-11)16-8-9-5-3-2-4-6-9/h2-7H,8H2,1H3. The number of halogens is 1. The van der Waals surface area contributed by atoms with Crippen LogP contribution >= 0.6 is 23.4 Å². The van der Waals surface area contributed by atoms with E-state index < -0.39 is 0 Å². The molecule has 2 aromatic rings. The van der Waals surface area contributed by atoms with Crippen LogP contribution in [0.25, 0.3) is 0 Å². The topological polar surface area (TPSA) is 35.0 Å². The van der Waals surface area contributed by atoms with Gasteiger partial charge in [-0.25, -0.2) is 0 Å². The lowest BCUT2D eigenvalue weighted by Gasteiger charge is -2.05. The molecule has 1 heterocycles. The van der Waals surface area contributed by atoms with Crippen LogP contribution in [0.1, 0.15) is 5.56 Å². The van der Waals surface area contributed by atoms with Gasteiger partial charge < -0.3 is 4.74 Å². The minimum Gasteiger partial charge on any atom is -0.459 e. The Kier molecular flexibility index (Phi) is 4.23. The fourth-order valence-electron chi connectivity index (χ4n) is 1.27. The van der Waals surface area contributed by atoms with E-state index in [0.29, 0.717) is 17.8 Å². The van der Waals surface area contributed by atoms with Crippen molar-refractivity contribution in [2.24, 2.45) is 0 Å². The van der Waals surface area contributed by atoms with Gasteiger partial charge in [0.15, 0.2) is 0 Å². The monoisotopic (exact) mass is 266 g/mol. The van der Waals surface area contributed by atoms with E-state index >= 15 is 0 Å². The van der Waals surface area contributed by atoms with E-state index in [1.165, 1.54) is 11.8 Å². The highest BCUT2D eigenvalue weighted by molar-refractivity contribution is 7.98. The Hall–Kier alpha value is -1.26. The zero-order chi connectivity index (χ0) is 12.1. The number of hydrogen-bond acceptors (Lipinski definition) is 4. The molecule has 0 aliphatic carbocycles. The summed E-state index contributed by atoms with van der Waals surface area (Å²) < 4.78 is 5.50. The first-order valence-electron chi connectivity index (χ1n) is 5.03. The predicted molar refractivity (Wildman–Crippen MR) is 69.6 cm³/mol. The summed E-state index contributed by atoms with van der Waals surface area (Å²) in [6.07, 6.45) is 1.93. The second kappa shape index (κ2) is 5.89. The molecule has 0 N–H and O–H groups in total. The minimum atomic E-state index is 0.311. The van der Waals surface area contributed by atoms with Gasteiger partial charge in [0.25, 0.3) is 0 Å². The van der Waals surface area contributed by atoms with E-state index in [1.807, 2.05) is 36.6 Å². The number of rotatable bonds is 4. The fraction of sp³-hybridized carbons (Fsp3) is 0.167. The van der Waals surface area contributed by atoms with Crippen LogP contribution in [0.3, 0.4) is 0 Å². The molecule has 1 aromatic heterocycles. The van der Waals surface area contributed by atoms with Crippen LogP contribution < -0.4 is 4.74 Å². The number of hydrogen-bond donors (Lipinski definition) is 0. The molecule has 0 saturated heterocycles. The van der Waals surface area contributed by atoms with Gasteiger partial charge in [0.2, 0.25) is 0 Å². The molecule has 2 rings (SSSR count). The van der Waals surface area contributed by atoms with Crippen molar-refractivity contribution in [3.8, 4) is 6.01 Å². The number of nitrogens with zero attached hydrogens (tertiary/aromatic N) is 2. The molecule has 0 fully saturated rings. The van der Waals surface area contributed by atoms with Gasteiger partial charge >= 0.3 is 6.01 Å². The number of benzene rings is 1. The van der Waals surface area contributed by atoms with Crippen molar-refractivity contribution in [2.45, 2.75) is 11.6 Å². The van der Waals surface area contributed by atoms with Gasteiger partial charge in [-0.2, -0.15) is 9.97 Å². The predicted octanol–water partition coefficient (Wildman–Crippen LogP) is 3.43. The lowest BCUT2D eigenvalue weighted by molar-refractivity contribution is 0.278. The summed E-state index contributed by atoms with van der Waals surface area (Å²) >= 11 is 7.37. The third-order valence-electron chi connectivity index (χ3n) is 2.07. The molecule has 3 nitrogen and oxygen atoms in total. The van der Waals surface area contributed by atoms with Crippen molar-refractivity contribution in [3.05, 3.63) is 47.1 Å². The molecule has 17 heavy (non-hydrogen) atoms. The van der Waals surface area contributed by atoms with Crippen LogP contribution in [0, 0.1) is 0 Å². The van der Waals surface area contributed by atoms with Crippen molar-refractivity contribution in [1.82, 2.24) is 9.97 Å². The van der Waals surface area contributed by atoms with Gasteiger partial charge in [-0.05, 0) is 11.8 Å². The van der Waals surface area contributed by atoms with Crippen LogP contribution in [0.15, 0.2) is 41.4 Å². The number of thioether (sulfide) groups is 1. The van der Waals surface area contributed by atoms with E-state index in [9.17, 15) is 0 Å². The van der Waals surface area contributed by atoms with Crippen LogP contribution in [0.4, 0.5) is 0 Å². The van der Waals surface area contributed by atoms with Crippen molar-refractivity contribution in [1.29, 1.82) is 0 Å². The molecule has 0 atom stereocenters. The maximum atomic E-state index is 5.87. The molecule has 0 unspecified atom stereocenters. The van der Waals surface area contributed by atoms with Gasteiger partial charge in [-0.15, -0.1) is 11.8 Å². The van der Waals surface area contributed by atoms with Crippen molar-refractivity contribution >= 4 is 23.4 Å². The molecular formula is C12H11ClN2OS. The van der Waals surface area contributed by atoms with E-state index in [-0.39, 0.29) is 0 Å². The zero-order valence-electron chi connectivity index (χ0n) is 9.26. The zero-order valence-corrected chi connectivity index (χ0v) is 10.8. The summed E-state index contributed by atoms with van der Waals surface area (Å²) in [7, 11) is 0. The smallest absolute Gasteiger partial charge is 0.319 e. The van der Waals surface area contributed by atoms with Gasteiger partial charge in [0.05, 0.1) is 0 Å². The highest BCUT2D eigenvalue weighted by atomic mass is 35.5. The van der Waals surface area contributed by atoms with Gasteiger partial charge in [-0.3, -0.25) is 0 Å². The van der Waals surface area contributed by atoms with Gasteiger partial charge in [-0.1, -0.05) is 41.9 Å². The quantitative estimate of drug-likeness (QED) is 0.627. The van der Waals surface area contributed by atoms with E-state index in [2.05, 4.69) is 9.97 Å². The van der Waals surface area contributed by atoms with Crippen molar-refractivity contribution in [2.75, 3.05) is 6.26 Å². The number of ether oxygens (including phenoxy) is 1. The molecule has 0 amide bonds. The number of aromatic nitrogens is 2. The first kappa shape index (κ1) is 12.2. The molecule has 0 radical (unpaired) electrons. The summed E-state index contributed by atoms with van der Waals surface area (Å²) in [6, 6.07) is 11.9. The van der Waals surface area contributed by atoms with E-state index in [0.717, 1.165) is 10.6 Å². The lowest BCUT2D eigenvalue weighted by atomic mass is 10.2. The molecule has 1 aromatic carbocycles. The molecule has 0 bridgehead atoms. The Morgan fingerprint density at radius 1 is 1.24 bits per heavy atom. The Labute approximate surface area is 109 Å². The molecule has 5 heteroatoms. The first-order valence-corrected chi connectivity index (χ1v) is 6.63. The SMILES string of the molecule is CSc1cc(Cl)nc(OCc2ccccc2)n1. The normalized spacial score (nSPS) is 10.2. The van der Waals surface area contributed by atoms with Crippen molar-refractivity contribution in [3.63, 3.8) is 0 Å². The average molecular weight is 267 g/mol. The summed E-state index contributed by atoms with van der Waals surface area (Å²) in [4.78, 5) is 8.23. The van der Waals surface area contributed by atoms with Crippen LogP contribution in [-0.2, 0) is 6.61 Å². The minimum absolute atomic E-state index is 0.311. The maximum Gasteiger partial charge on any atom is 0.319 e. The third kappa shape index (κ3) is 3.61. The maximum absolute atomic E-state index is 5.87. The Balaban J connectivity index is 2.06. The molecule has 88 valence electrons. The van der Waals surface area contributed by atoms with E-state index in [1.54, 1.807) is 6.07 Å². The summed E-state index contributed by atoms with van der Waals surface area (Å²) in [5, 5.41) is 1.19. The van der Waals surface area contributed by atoms with Gasteiger partial charge in [0, 0.05) is 6.07 Å². The fourth-order valence-corrected chi connectivity index (χ4v) is 1.91. The van der Waals surface area contributed by atoms with Gasteiger partial charge in [0.1, 0.15) is 16.8 Å². The Morgan fingerprint density at radius 3 is 2.71 bits per heavy atom. The average Bonchev–Trinajstić information content (AvgIpc) is 2.37. The molecule has 0 spiro atoms. The van der Waals surface area contributed by atoms with Crippen LogP contribution in [0.2, 0.25) is 5.15 Å².